The summed E-state index contributed by atoms with van der Waals surface area (Å²) in [6, 6.07) is 2.34. The second-order valence-corrected chi connectivity index (χ2v) is 4.47. The smallest absolute Gasteiger partial charge is 0.00772 e. The van der Waals surface area contributed by atoms with Gasteiger partial charge in [0.25, 0.3) is 0 Å². The molecule has 0 fully saturated rings. The highest BCUT2D eigenvalue weighted by Crippen LogP contribution is 2.22. The average molecular weight is 205 g/mol. The van der Waals surface area contributed by atoms with E-state index in [4.69, 9.17) is 5.73 Å². The Hall–Kier alpha value is -0.820. The van der Waals surface area contributed by atoms with Crippen LogP contribution in [0.1, 0.15) is 40.7 Å². The maximum Gasteiger partial charge on any atom is -0.00772 e. The molecule has 0 unspecified atom stereocenters. The van der Waals surface area contributed by atoms with Gasteiger partial charge in [0.05, 0.1) is 0 Å². The van der Waals surface area contributed by atoms with E-state index in [1.807, 2.05) is 0 Å². The lowest BCUT2D eigenvalue weighted by molar-refractivity contribution is 0.741. The first kappa shape index (κ1) is 12.3. The van der Waals surface area contributed by atoms with Crippen molar-refractivity contribution >= 4 is 0 Å². The van der Waals surface area contributed by atoms with Crippen molar-refractivity contribution in [1.29, 1.82) is 0 Å². The molecule has 0 radical (unpaired) electrons. The number of hydrogen-bond donors (Lipinski definition) is 1. The van der Waals surface area contributed by atoms with E-state index in [1.54, 1.807) is 0 Å². The Morgan fingerprint density at radius 1 is 0.933 bits per heavy atom. The van der Waals surface area contributed by atoms with E-state index in [0.717, 1.165) is 13.0 Å². The maximum absolute atomic E-state index is 5.51. The lowest BCUT2D eigenvalue weighted by atomic mass is 9.92. The molecule has 0 atom stereocenters. The van der Waals surface area contributed by atoms with Gasteiger partial charge >= 0.3 is 0 Å². The molecule has 1 aromatic carbocycles. The predicted octanol–water partition coefficient (Wildman–Crippen LogP) is 3.20. The zero-order valence-corrected chi connectivity index (χ0v) is 10.5. The molecule has 0 saturated carbocycles. The average Bonchev–Trinajstić information content (AvgIpc) is 2.23. The maximum atomic E-state index is 5.51. The van der Waals surface area contributed by atoms with Crippen molar-refractivity contribution in [2.75, 3.05) is 6.54 Å². The van der Waals surface area contributed by atoms with Gasteiger partial charge in [0.2, 0.25) is 0 Å². The van der Waals surface area contributed by atoms with Crippen LogP contribution in [0.2, 0.25) is 0 Å². The monoisotopic (exact) mass is 205 g/mol. The van der Waals surface area contributed by atoms with Gasteiger partial charge in [-0.05, 0) is 81.3 Å². The van der Waals surface area contributed by atoms with Crippen molar-refractivity contribution in [2.45, 2.75) is 47.0 Å². The molecule has 0 aliphatic carbocycles. The third kappa shape index (κ3) is 2.82. The van der Waals surface area contributed by atoms with Crippen molar-refractivity contribution in [1.82, 2.24) is 0 Å². The zero-order valence-electron chi connectivity index (χ0n) is 10.5. The highest BCUT2D eigenvalue weighted by molar-refractivity contribution is 5.43. The van der Waals surface area contributed by atoms with Crippen LogP contribution in [0.4, 0.5) is 0 Å². The summed E-state index contributed by atoms with van der Waals surface area (Å²) in [7, 11) is 0. The summed E-state index contributed by atoms with van der Waals surface area (Å²) in [6.07, 6.45) is 3.51. The van der Waals surface area contributed by atoms with Crippen LogP contribution in [-0.2, 0) is 6.42 Å². The summed E-state index contributed by atoms with van der Waals surface area (Å²) in [5.74, 6) is 0. The van der Waals surface area contributed by atoms with Crippen LogP contribution >= 0.6 is 0 Å². The van der Waals surface area contributed by atoms with Gasteiger partial charge in [0.1, 0.15) is 0 Å². The first-order valence-electron chi connectivity index (χ1n) is 5.84. The number of rotatable bonds is 4. The van der Waals surface area contributed by atoms with Crippen molar-refractivity contribution in [3.8, 4) is 0 Å². The number of hydrogen-bond acceptors (Lipinski definition) is 1. The molecule has 1 nitrogen and oxygen atoms in total. The Morgan fingerprint density at radius 3 is 2.20 bits per heavy atom. The number of benzene rings is 1. The van der Waals surface area contributed by atoms with E-state index < -0.39 is 0 Å². The largest absolute Gasteiger partial charge is 0.330 e. The van der Waals surface area contributed by atoms with Crippen molar-refractivity contribution < 1.29 is 0 Å². The van der Waals surface area contributed by atoms with Crippen LogP contribution in [0.5, 0.6) is 0 Å². The normalized spacial score (nSPS) is 10.7. The fraction of sp³-hybridized carbons (Fsp3) is 0.571. The number of unbranched alkanes of at least 4 members (excludes halogenated alkanes) is 1. The molecular weight excluding hydrogens is 182 g/mol. The van der Waals surface area contributed by atoms with E-state index in [-0.39, 0.29) is 0 Å². The van der Waals surface area contributed by atoms with Gasteiger partial charge in [-0.2, -0.15) is 0 Å². The van der Waals surface area contributed by atoms with Crippen molar-refractivity contribution in [3.63, 3.8) is 0 Å². The molecule has 1 rings (SSSR count). The molecular formula is C14H23N. The molecule has 0 aliphatic rings. The SMILES string of the molecule is Cc1cc(CCCCN)c(C)c(C)c1C. The molecule has 84 valence electrons. The minimum Gasteiger partial charge on any atom is -0.330 e. The second kappa shape index (κ2) is 5.32. The Labute approximate surface area is 93.7 Å². The number of aryl methyl sites for hydroxylation is 2. The number of nitrogens with two attached hydrogens (primary N) is 1. The van der Waals surface area contributed by atoms with Gasteiger partial charge in [-0.1, -0.05) is 6.07 Å². The predicted molar refractivity (Wildman–Crippen MR) is 67.4 cm³/mol. The standard InChI is InChI=1S/C14H23N/c1-10-9-14(7-5-6-8-15)13(4)12(3)11(10)2/h9H,5-8,15H2,1-4H3. The second-order valence-electron chi connectivity index (χ2n) is 4.47. The van der Waals surface area contributed by atoms with Crippen LogP contribution in [0.3, 0.4) is 0 Å². The Morgan fingerprint density at radius 2 is 1.60 bits per heavy atom. The van der Waals surface area contributed by atoms with Crippen LogP contribution in [0.25, 0.3) is 0 Å². The Kier molecular flexibility index (Phi) is 4.34. The quantitative estimate of drug-likeness (QED) is 0.751. The molecule has 0 aliphatic heterocycles. The summed E-state index contributed by atoms with van der Waals surface area (Å²) < 4.78 is 0. The summed E-state index contributed by atoms with van der Waals surface area (Å²) in [5.41, 5.74) is 12.8. The highest BCUT2D eigenvalue weighted by atomic mass is 14.5. The highest BCUT2D eigenvalue weighted by Gasteiger charge is 2.06. The van der Waals surface area contributed by atoms with Crippen molar-refractivity contribution in [3.05, 3.63) is 33.9 Å². The molecule has 1 heteroatoms. The van der Waals surface area contributed by atoms with E-state index in [9.17, 15) is 0 Å². The first-order chi connectivity index (χ1) is 7.07. The van der Waals surface area contributed by atoms with E-state index in [2.05, 4.69) is 33.8 Å². The van der Waals surface area contributed by atoms with Gasteiger partial charge in [0, 0.05) is 0 Å². The molecule has 0 heterocycles. The molecule has 0 aromatic heterocycles. The van der Waals surface area contributed by atoms with Gasteiger partial charge in [-0.15, -0.1) is 0 Å². The molecule has 2 N–H and O–H groups in total. The first-order valence-corrected chi connectivity index (χ1v) is 5.84. The van der Waals surface area contributed by atoms with E-state index in [1.165, 1.54) is 40.7 Å². The Bertz CT molecular complexity index is 340. The van der Waals surface area contributed by atoms with Crippen LogP contribution in [0, 0.1) is 27.7 Å². The molecule has 0 saturated heterocycles. The van der Waals surface area contributed by atoms with Crippen LogP contribution < -0.4 is 5.73 Å². The summed E-state index contributed by atoms with van der Waals surface area (Å²) in [6.45, 7) is 9.68. The lowest BCUT2D eigenvalue weighted by Crippen LogP contribution is -2.01. The molecule has 0 spiro atoms. The molecule has 1 aromatic rings. The van der Waals surface area contributed by atoms with Gasteiger partial charge in [-0.25, -0.2) is 0 Å². The minimum absolute atomic E-state index is 0.808. The van der Waals surface area contributed by atoms with Crippen LogP contribution in [0.15, 0.2) is 6.07 Å². The van der Waals surface area contributed by atoms with E-state index >= 15 is 0 Å². The lowest BCUT2D eigenvalue weighted by Gasteiger charge is -2.14. The topological polar surface area (TPSA) is 26.0 Å². The van der Waals surface area contributed by atoms with Gasteiger partial charge < -0.3 is 5.73 Å². The summed E-state index contributed by atoms with van der Waals surface area (Å²) >= 11 is 0. The Balaban J connectivity index is 2.89. The van der Waals surface area contributed by atoms with Crippen LogP contribution in [-0.4, -0.2) is 6.54 Å². The van der Waals surface area contributed by atoms with Gasteiger partial charge in [-0.3, -0.25) is 0 Å². The third-order valence-corrected chi connectivity index (χ3v) is 3.49. The summed E-state index contributed by atoms with van der Waals surface area (Å²) in [4.78, 5) is 0. The molecule has 0 bridgehead atoms. The fourth-order valence-electron chi connectivity index (χ4n) is 2.02. The summed E-state index contributed by atoms with van der Waals surface area (Å²) in [5, 5.41) is 0. The molecule has 15 heavy (non-hydrogen) atoms. The van der Waals surface area contributed by atoms with Gasteiger partial charge in [0.15, 0.2) is 0 Å². The fourth-order valence-corrected chi connectivity index (χ4v) is 2.02. The van der Waals surface area contributed by atoms with Crippen molar-refractivity contribution in [2.24, 2.45) is 5.73 Å². The molecule has 0 amide bonds. The van der Waals surface area contributed by atoms with E-state index in [0.29, 0.717) is 0 Å². The zero-order chi connectivity index (χ0) is 11.4. The minimum atomic E-state index is 0.808. The third-order valence-electron chi connectivity index (χ3n) is 3.49.